The maximum Gasteiger partial charge on any atom is 0.260 e. The molecule has 3 unspecified atom stereocenters. The zero-order chi connectivity index (χ0) is 14.8. The zero-order valence-corrected chi connectivity index (χ0v) is 13.1. The molecule has 2 rings (SSSR count). The maximum atomic E-state index is 12.5. The Labute approximate surface area is 121 Å². The molecule has 1 aromatic heterocycles. The van der Waals surface area contributed by atoms with Crippen LogP contribution in [0.15, 0.2) is 23.4 Å². The molecule has 0 aromatic carbocycles. The van der Waals surface area contributed by atoms with E-state index in [1.165, 1.54) is 6.20 Å². The molecule has 1 fully saturated rings. The highest BCUT2D eigenvalue weighted by Gasteiger charge is 2.30. The Hall–Kier alpha value is -1.14. The molecule has 1 saturated carbocycles. The summed E-state index contributed by atoms with van der Waals surface area (Å²) in [6.45, 7) is 4.33. The summed E-state index contributed by atoms with van der Waals surface area (Å²) in [5.74, 6) is 1.03. The Morgan fingerprint density at radius 1 is 1.30 bits per heavy atom. The lowest BCUT2D eigenvalue weighted by Crippen LogP contribution is -2.42. The van der Waals surface area contributed by atoms with Crippen LogP contribution in [0.2, 0.25) is 0 Å². The number of aromatic nitrogens is 1. The van der Waals surface area contributed by atoms with E-state index in [1.54, 1.807) is 19.2 Å². The topological polar surface area (TPSA) is 71.1 Å². The van der Waals surface area contributed by atoms with Crippen molar-refractivity contribution in [2.75, 3.05) is 12.4 Å². The Morgan fingerprint density at radius 2 is 2.05 bits per heavy atom. The quantitative estimate of drug-likeness (QED) is 0.894. The minimum atomic E-state index is -3.58. The van der Waals surface area contributed by atoms with Crippen LogP contribution in [0, 0.1) is 11.8 Å². The lowest BCUT2D eigenvalue weighted by Gasteiger charge is -2.32. The van der Waals surface area contributed by atoms with Gasteiger partial charge >= 0.3 is 0 Å². The van der Waals surface area contributed by atoms with Crippen LogP contribution in [0.25, 0.3) is 0 Å². The number of hydrogen-bond acceptors (Lipinski definition) is 4. The summed E-state index contributed by atoms with van der Waals surface area (Å²) in [7, 11) is -1.88. The van der Waals surface area contributed by atoms with Crippen molar-refractivity contribution >= 4 is 15.7 Å². The fourth-order valence-corrected chi connectivity index (χ4v) is 4.41. The standard InChI is InChI=1S/C14H23N3O2S/c1-10-6-7-12(11(2)9-10)17-20(18,19)14-13(15-3)5-4-8-16-14/h4-5,8,10-12,15,17H,6-7,9H2,1-3H3. The molecule has 5 nitrogen and oxygen atoms in total. The van der Waals surface area contributed by atoms with Crippen molar-refractivity contribution in [1.82, 2.24) is 9.71 Å². The van der Waals surface area contributed by atoms with Gasteiger partial charge in [-0.15, -0.1) is 0 Å². The van der Waals surface area contributed by atoms with E-state index in [9.17, 15) is 8.42 Å². The monoisotopic (exact) mass is 297 g/mol. The highest BCUT2D eigenvalue weighted by Crippen LogP contribution is 2.30. The van der Waals surface area contributed by atoms with Crippen LogP contribution < -0.4 is 10.0 Å². The van der Waals surface area contributed by atoms with E-state index in [1.807, 2.05) is 0 Å². The number of rotatable bonds is 4. The highest BCUT2D eigenvalue weighted by atomic mass is 32.2. The minimum Gasteiger partial charge on any atom is -0.386 e. The third-order valence-electron chi connectivity index (χ3n) is 4.03. The molecule has 1 aromatic rings. The normalized spacial score (nSPS) is 27.2. The van der Waals surface area contributed by atoms with Crippen molar-refractivity contribution in [3.05, 3.63) is 18.3 Å². The van der Waals surface area contributed by atoms with E-state index in [0.717, 1.165) is 19.3 Å². The third-order valence-corrected chi connectivity index (χ3v) is 5.48. The van der Waals surface area contributed by atoms with E-state index in [4.69, 9.17) is 0 Å². The van der Waals surface area contributed by atoms with Crippen LogP contribution in [0.3, 0.4) is 0 Å². The molecule has 0 aliphatic heterocycles. The summed E-state index contributed by atoms with van der Waals surface area (Å²) in [5.41, 5.74) is 0.525. The number of nitrogens with one attached hydrogen (secondary N) is 2. The number of anilines is 1. The Bertz CT molecular complexity index is 559. The molecule has 0 spiro atoms. The van der Waals surface area contributed by atoms with Gasteiger partial charge in [-0.25, -0.2) is 18.1 Å². The van der Waals surface area contributed by atoms with Gasteiger partial charge in [0.25, 0.3) is 10.0 Å². The van der Waals surface area contributed by atoms with Gasteiger partial charge in [-0.3, -0.25) is 0 Å². The van der Waals surface area contributed by atoms with E-state index in [0.29, 0.717) is 17.5 Å². The number of sulfonamides is 1. The molecule has 0 bridgehead atoms. The largest absolute Gasteiger partial charge is 0.386 e. The molecule has 0 radical (unpaired) electrons. The molecule has 6 heteroatoms. The lowest BCUT2D eigenvalue weighted by atomic mass is 9.80. The molecular formula is C14H23N3O2S. The van der Waals surface area contributed by atoms with Gasteiger partial charge in [0.1, 0.15) is 0 Å². The smallest absolute Gasteiger partial charge is 0.260 e. The van der Waals surface area contributed by atoms with Crippen LogP contribution in [0.1, 0.15) is 33.1 Å². The predicted octanol–water partition coefficient (Wildman–Crippen LogP) is 2.23. The number of pyridine rings is 1. The Morgan fingerprint density at radius 3 is 2.70 bits per heavy atom. The van der Waals surface area contributed by atoms with Gasteiger partial charge in [0.15, 0.2) is 5.03 Å². The molecule has 20 heavy (non-hydrogen) atoms. The first kappa shape index (κ1) is 15.3. The average molecular weight is 297 g/mol. The SMILES string of the molecule is CNc1cccnc1S(=O)(=O)NC1CCC(C)CC1C. The fourth-order valence-electron chi connectivity index (χ4n) is 2.89. The van der Waals surface area contributed by atoms with Gasteiger partial charge in [-0.2, -0.15) is 0 Å². The second-order valence-electron chi connectivity index (χ2n) is 5.73. The second kappa shape index (κ2) is 6.10. The van der Waals surface area contributed by atoms with E-state index in [-0.39, 0.29) is 11.1 Å². The molecule has 1 aliphatic carbocycles. The van der Waals surface area contributed by atoms with Crippen molar-refractivity contribution in [3.63, 3.8) is 0 Å². The van der Waals surface area contributed by atoms with Crippen molar-refractivity contribution in [1.29, 1.82) is 0 Å². The molecule has 2 N–H and O–H groups in total. The Kier molecular flexibility index (Phi) is 4.65. The number of nitrogens with zero attached hydrogens (tertiary/aromatic N) is 1. The van der Waals surface area contributed by atoms with Gasteiger partial charge in [-0.05, 0) is 43.2 Å². The van der Waals surface area contributed by atoms with Gasteiger partial charge in [0, 0.05) is 19.3 Å². The molecule has 3 atom stereocenters. The van der Waals surface area contributed by atoms with Crippen molar-refractivity contribution < 1.29 is 8.42 Å². The minimum absolute atomic E-state index is 0.00270. The Balaban J connectivity index is 2.19. The predicted molar refractivity (Wildman–Crippen MR) is 80.1 cm³/mol. The van der Waals surface area contributed by atoms with Crippen LogP contribution >= 0.6 is 0 Å². The van der Waals surface area contributed by atoms with E-state index in [2.05, 4.69) is 28.9 Å². The van der Waals surface area contributed by atoms with Crippen molar-refractivity contribution in [2.24, 2.45) is 11.8 Å². The highest BCUT2D eigenvalue weighted by molar-refractivity contribution is 7.89. The first-order chi connectivity index (χ1) is 9.44. The second-order valence-corrected chi connectivity index (χ2v) is 7.36. The van der Waals surface area contributed by atoms with Gasteiger partial charge in [0.05, 0.1) is 5.69 Å². The first-order valence-electron chi connectivity index (χ1n) is 7.09. The van der Waals surface area contributed by atoms with Crippen LogP contribution in [-0.2, 0) is 10.0 Å². The molecule has 112 valence electrons. The van der Waals surface area contributed by atoms with Gasteiger partial charge in [-0.1, -0.05) is 13.8 Å². The maximum absolute atomic E-state index is 12.5. The van der Waals surface area contributed by atoms with E-state index >= 15 is 0 Å². The molecule has 1 heterocycles. The zero-order valence-electron chi connectivity index (χ0n) is 12.3. The van der Waals surface area contributed by atoms with E-state index < -0.39 is 10.0 Å². The summed E-state index contributed by atoms with van der Waals surface area (Å²) < 4.78 is 27.8. The first-order valence-corrected chi connectivity index (χ1v) is 8.57. The number of hydrogen-bond donors (Lipinski definition) is 2. The van der Waals surface area contributed by atoms with Crippen molar-refractivity contribution in [3.8, 4) is 0 Å². The summed E-state index contributed by atoms with van der Waals surface area (Å²) in [6.07, 6.45) is 4.53. The van der Waals surface area contributed by atoms with Gasteiger partial charge < -0.3 is 5.32 Å². The summed E-state index contributed by atoms with van der Waals surface area (Å²) in [4.78, 5) is 4.01. The van der Waals surface area contributed by atoms with Crippen LogP contribution in [0.5, 0.6) is 0 Å². The third kappa shape index (κ3) is 3.30. The molecule has 0 saturated heterocycles. The van der Waals surface area contributed by atoms with Crippen molar-refractivity contribution in [2.45, 2.75) is 44.2 Å². The van der Waals surface area contributed by atoms with Crippen LogP contribution in [-0.4, -0.2) is 26.5 Å². The fraction of sp³-hybridized carbons (Fsp3) is 0.643. The van der Waals surface area contributed by atoms with Crippen LogP contribution in [0.4, 0.5) is 5.69 Å². The summed E-state index contributed by atoms with van der Waals surface area (Å²) in [6, 6.07) is 3.44. The molecule has 0 amide bonds. The summed E-state index contributed by atoms with van der Waals surface area (Å²) >= 11 is 0. The van der Waals surface area contributed by atoms with Gasteiger partial charge in [0.2, 0.25) is 0 Å². The average Bonchev–Trinajstić information content (AvgIpc) is 2.42. The molecular weight excluding hydrogens is 274 g/mol. The summed E-state index contributed by atoms with van der Waals surface area (Å²) in [5, 5.41) is 2.95. The molecule has 1 aliphatic rings. The lowest BCUT2D eigenvalue weighted by molar-refractivity contribution is 0.249.